The number of anilines is 1. The molecule has 0 spiro atoms. The number of nitrogens with zero attached hydrogens (tertiary/aromatic N) is 6. The smallest absolute Gasteiger partial charge is 0.225 e. The second kappa shape index (κ2) is 4.51. The molecule has 6 heteroatoms. The van der Waals surface area contributed by atoms with Crippen molar-refractivity contribution in [1.29, 1.82) is 0 Å². The second-order valence-electron chi connectivity index (χ2n) is 5.54. The van der Waals surface area contributed by atoms with Crippen LogP contribution >= 0.6 is 0 Å². The van der Waals surface area contributed by atoms with Crippen molar-refractivity contribution in [2.45, 2.75) is 19.8 Å². The monoisotopic (exact) mass is 280 g/mol. The van der Waals surface area contributed by atoms with Gasteiger partial charge in [-0.2, -0.15) is 0 Å². The van der Waals surface area contributed by atoms with Crippen LogP contribution in [0.3, 0.4) is 0 Å². The molecule has 1 aliphatic rings. The maximum Gasteiger partial charge on any atom is 0.225 e. The maximum absolute atomic E-state index is 4.51. The summed E-state index contributed by atoms with van der Waals surface area (Å²) in [6.07, 6.45) is 2.01. The van der Waals surface area contributed by atoms with Gasteiger partial charge in [0.1, 0.15) is 5.82 Å². The fourth-order valence-electron chi connectivity index (χ4n) is 2.79. The summed E-state index contributed by atoms with van der Waals surface area (Å²) in [7, 11) is 0. The van der Waals surface area contributed by atoms with Gasteiger partial charge in [0.05, 0.1) is 5.92 Å². The Balaban J connectivity index is 1.57. The maximum atomic E-state index is 4.51. The molecule has 1 aliphatic heterocycles. The highest BCUT2D eigenvalue weighted by molar-refractivity contribution is 5.42. The predicted molar refractivity (Wildman–Crippen MR) is 79.4 cm³/mol. The third-order valence-electron chi connectivity index (χ3n) is 3.84. The van der Waals surface area contributed by atoms with Gasteiger partial charge in [0.15, 0.2) is 5.65 Å². The number of hydrogen-bond acceptors (Lipinski definition) is 5. The molecule has 21 heavy (non-hydrogen) atoms. The van der Waals surface area contributed by atoms with Crippen molar-refractivity contribution in [1.82, 2.24) is 24.6 Å². The molecule has 1 saturated heterocycles. The zero-order chi connectivity index (χ0) is 14.4. The molecule has 0 radical (unpaired) electrons. The van der Waals surface area contributed by atoms with E-state index in [9.17, 15) is 0 Å². The summed E-state index contributed by atoms with van der Waals surface area (Å²) in [5.41, 5.74) is 2.91. The van der Waals surface area contributed by atoms with E-state index in [0.717, 1.165) is 41.9 Å². The van der Waals surface area contributed by atoms with Gasteiger partial charge in [-0.1, -0.05) is 6.07 Å². The molecule has 3 aromatic heterocycles. The van der Waals surface area contributed by atoms with Crippen molar-refractivity contribution in [3.05, 3.63) is 47.7 Å². The average molecular weight is 280 g/mol. The standard InChI is InChI=1S/C15H16N6/c1-10-7-11(2)17-15(16-10)20-8-12(9-20)14-19-18-13-5-3-4-6-21(13)14/h3-7,12H,8-9H2,1-2H3. The van der Waals surface area contributed by atoms with Gasteiger partial charge >= 0.3 is 0 Å². The van der Waals surface area contributed by atoms with Crippen LogP contribution in [-0.2, 0) is 0 Å². The first-order chi connectivity index (χ1) is 10.2. The number of fused-ring (bicyclic) bond motifs is 1. The molecular formula is C15H16N6. The van der Waals surface area contributed by atoms with Crippen LogP contribution in [-0.4, -0.2) is 37.7 Å². The Labute approximate surface area is 122 Å². The van der Waals surface area contributed by atoms with E-state index >= 15 is 0 Å². The molecule has 0 aliphatic carbocycles. The van der Waals surface area contributed by atoms with E-state index in [0.29, 0.717) is 5.92 Å². The highest BCUT2D eigenvalue weighted by Crippen LogP contribution is 2.29. The van der Waals surface area contributed by atoms with Gasteiger partial charge in [0.25, 0.3) is 0 Å². The van der Waals surface area contributed by atoms with Crippen molar-refractivity contribution in [3.8, 4) is 0 Å². The zero-order valence-electron chi connectivity index (χ0n) is 12.1. The molecule has 106 valence electrons. The highest BCUT2D eigenvalue weighted by Gasteiger charge is 2.33. The first-order valence-corrected chi connectivity index (χ1v) is 7.07. The minimum atomic E-state index is 0.381. The summed E-state index contributed by atoms with van der Waals surface area (Å²) >= 11 is 0. The Morgan fingerprint density at radius 3 is 2.57 bits per heavy atom. The van der Waals surface area contributed by atoms with Crippen LogP contribution in [0, 0.1) is 13.8 Å². The van der Waals surface area contributed by atoms with Crippen molar-refractivity contribution in [3.63, 3.8) is 0 Å². The summed E-state index contributed by atoms with van der Waals surface area (Å²) < 4.78 is 2.06. The van der Waals surface area contributed by atoms with Crippen LogP contribution in [0.25, 0.3) is 5.65 Å². The topological polar surface area (TPSA) is 59.2 Å². The van der Waals surface area contributed by atoms with E-state index in [1.807, 2.05) is 44.3 Å². The molecule has 3 aromatic rings. The molecule has 4 rings (SSSR count). The molecule has 0 unspecified atom stereocenters. The minimum Gasteiger partial charge on any atom is -0.339 e. The van der Waals surface area contributed by atoms with Gasteiger partial charge in [0, 0.05) is 30.7 Å². The first-order valence-electron chi connectivity index (χ1n) is 7.07. The Hall–Kier alpha value is -2.50. The fourth-order valence-corrected chi connectivity index (χ4v) is 2.79. The van der Waals surface area contributed by atoms with Crippen LogP contribution in [0.2, 0.25) is 0 Å². The van der Waals surface area contributed by atoms with Gasteiger partial charge in [-0.3, -0.25) is 4.40 Å². The predicted octanol–water partition coefficient (Wildman–Crippen LogP) is 1.74. The summed E-state index contributed by atoms with van der Waals surface area (Å²) in [6, 6.07) is 7.94. The molecular weight excluding hydrogens is 264 g/mol. The van der Waals surface area contributed by atoms with Gasteiger partial charge in [-0.25, -0.2) is 9.97 Å². The molecule has 1 fully saturated rings. The quantitative estimate of drug-likeness (QED) is 0.715. The number of aromatic nitrogens is 5. The third-order valence-corrected chi connectivity index (χ3v) is 3.84. The van der Waals surface area contributed by atoms with Crippen LogP contribution in [0.4, 0.5) is 5.95 Å². The molecule has 6 nitrogen and oxygen atoms in total. The van der Waals surface area contributed by atoms with E-state index in [2.05, 4.69) is 29.5 Å². The average Bonchev–Trinajstić information content (AvgIpc) is 2.80. The van der Waals surface area contributed by atoms with Crippen LogP contribution < -0.4 is 4.90 Å². The molecule has 0 bridgehead atoms. The lowest BCUT2D eigenvalue weighted by molar-refractivity contribution is 0.487. The Morgan fingerprint density at radius 2 is 1.81 bits per heavy atom. The van der Waals surface area contributed by atoms with Crippen molar-refractivity contribution >= 4 is 11.6 Å². The van der Waals surface area contributed by atoms with Gasteiger partial charge < -0.3 is 4.90 Å². The SMILES string of the molecule is Cc1cc(C)nc(N2CC(c3nnc4ccccn34)C2)n1. The minimum absolute atomic E-state index is 0.381. The largest absolute Gasteiger partial charge is 0.339 e. The van der Waals surface area contributed by atoms with Gasteiger partial charge in [-0.05, 0) is 32.0 Å². The van der Waals surface area contributed by atoms with Gasteiger partial charge in [0.2, 0.25) is 5.95 Å². The molecule has 0 amide bonds. The van der Waals surface area contributed by atoms with E-state index in [1.165, 1.54) is 0 Å². The number of pyridine rings is 1. The number of hydrogen-bond donors (Lipinski definition) is 0. The summed E-state index contributed by atoms with van der Waals surface area (Å²) in [5.74, 6) is 2.22. The Bertz CT molecular complexity index is 783. The third kappa shape index (κ3) is 2.03. The number of rotatable bonds is 2. The fraction of sp³-hybridized carbons (Fsp3) is 0.333. The molecule has 0 atom stereocenters. The lowest BCUT2D eigenvalue weighted by Gasteiger charge is -2.38. The molecule has 0 N–H and O–H groups in total. The van der Waals surface area contributed by atoms with Crippen molar-refractivity contribution < 1.29 is 0 Å². The van der Waals surface area contributed by atoms with Gasteiger partial charge in [-0.15, -0.1) is 10.2 Å². The lowest BCUT2D eigenvalue weighted by Crippen LogP contribution is -2.46. The second-order valence-corrected chi connectivity index (χ2v) is 5.54. The van der Waals surface area contributed by atoms with E-state index in [-0.39, 0.29) is 0 Å². The van der Waals surface area contributed by atoms with E-state index < -0.39 is 0 Å². The number of aryl methyl sites for hydroxylation is 2. The normalized spacial score (nSPS) is 15.4. The van der Waals surface area contributed by atoms with E-state index in [4.69, 9.17) is 0 Å². The molecule has 0 aromatic carbocycles. The molecule has 4 heterocycles. The van der Waals surface area contributed by atoms with Crippen molar-refractivity contribution in [2.24, 2.45) is 0 Å². The highest BCUT2D eigenvalue weighted by atomic mass is 15.3. The van der Waals surface area contributed by atoms with Crippen LogP contribution in [0.1, 0.15) is 23.1 Å². The first kappa shape index (κ1) is 12.3. The van der Waals surface area contributed by atoms with Crippen LogP contribution in [0.15, 0.2) is 30.5 Å². The Morgan fingerprint density at radius 1 is 1.05 bits per heavy atom. The van der Waals surface area contributed by atoms with Crippen LogP contribution in [0.5, 0.6) is 0 Å². The summed E-state index contributed by atoms with van der Waals surface area (Å²) in [5, 5.41) is 8.54. The van der Waals surface area contributed by atoms with E-state index in [1.54, 1.807) is 0 Å². The lowest BCUT2D eigenvalue weighted by atomic mass is 10.00. The van der Waals surface area contributed by atoms with Crippen molar-refractivity contribution in [2.75, 3.05) is 18.0 Å². The molecule has 0 saturated carbocycles. The summed E-state index contributed by atoms with van der Waals surface area (Å²) in [6.45, 7) is 5.78. The Kier molecular flexibility index (Phi) is 2.63. The zero-order valence-corrected chi connectivity index (χ0v) is 12.1. The summed E-state index contributed by atoms with van der Waals surface area (Å²) in [4.78, 5) is 11.2.